The number of benzene rings is 2. The van der Waals surface area contributed by atoms with Crippen LogP contribution in [0.5, 0.6) is 5.75 Å². The molecule has 2 heterocycles. The first-order valence-electron chi connectivity index (χ1n) is 10.8. The molecule has 1 aliphatic carbocycles. The number of hydrogen-bond donors (Lipinski definition) is 2. The van der Waals surface area contributed by atoms with Gasteiger partial charge < -0.3 is 15.4 Å². The number of fused-ring (bicyclic) bond motifs is 1. The van der Waals surface area contributed by atoms with Gasteiger partial charge in [-0.1, -0.05) is 24.3 Å². The molecule has 2 aliphatic rings. The molecule has 5 nitrogen and oxygen atoms in total. The average molecular weight is 402 g/mol. The third-order valence-corrected chi connectivity index (χ3v) is 6.33. The first-order chi connectivity index (χ1) is 14.6. The van der Waals surface area contributed by atoms with E-state index in [4.69, 9.17) is 4.74 Å². The molecular formula is C25H27N3O2. The SMILES string of the molecule is Cc1ccc(OC[C@@H]2CCCN2)cc1C(=O)NC1(c2cccc3ncccc23)CC1. The number of hydrogen-bond acceptors (Lipinski definition) is 4. The van der Waals surface area contributed by atoms with Crippen LogP contribution in [0.4, 0.5) is 0 Å². The Balaban J connectivity index is 1.36. The van der Waals surface area contributed by atoms with E-state index in [-0.39, 0.29) is 11.4 Å². The predicted molar refractivity (Wildman–Crippen MR) is 118 cm³/mol. The number of pyridine rings is 1. The molecule has 0 radical (unpaired) electrons. The zero-order chi connectivity index (χ0) is 20.6. The van der Waals surface area contributed by atoms with E-state index in [1.807, 2.05) is 43.3 Å². The van der Waals surface area contributed by atoms with Gasteiger partial charge >= 0.3 is 0 Å². The van der Waals surface area contributed by atoms with Gasteiger partial charge in [-0.2, -0.15) is 0 Å². The van der Waals surface area contributed by atoms with E-state index in [0.717, 1.165) is 53.6 Å². The highest BCUT2D eigenvalue weighted by molar-refractivity contribution is 5.97. The maximum Gasteiger partial charge on any atom is 0.252 e. The number of amides is 1. The average Bonchev–Trinajstić information content (AvgIpc) is 3.35. The molecule has 154 valence electrons. The molecule has 1 saturated carbocycles. The second kappa shape index (κ2) is 7.73. The lowest BCUT2D eigenvalue weighted by Gasteiger charge is -2.21. The van der Waals surface area contributed by atoms with Crippen molar-refractivity contribution in [3.05, 3.63) is 71.4 Å². The van der Waals surface area contributed by atoms with Gasteiger partial charge in [-0.25, -0.2) is 0 Å². The fraction of sp³-hybridized carbons (Fsp3) is 0.360. The van der Waals surface area contributed by atoms with Crippen molar-refractivity contribution in [2.24, 2.45) is 0 Å². The van der Waals surface area contributed by atoms with E-state index >= 15 is 0 Å². The minimum Gasteiger partial charge on any atom is -0.492 e. The zero-order valence-electron chi connectivity index (χ0n) is 17.3. The second-order valence-corrected chi connectivity index (χ2v) is 8.49. The number of carbonyl (C=O) groups is 1. The Morgan fingerprint density at radius 2 is 2.13 bits per heavy atom. The van der Waals surface area contributed by atoms with E-state index in [1.165, 1.54) is 6.42 Å². The van der Waals surface area contributed by atoms with Crippen LogP contribution in [0.3, 0.4) is 0 Å². The minimum atomic E-state index is -0.309. The van der Waals surface area contributed by atoms with Crippen LogP contribution in [0, 0.1) is 6.92 Å². The number of rotatable bonds is 6. The summed E-state index contributed by atoms with van der Waals surface area (Å²) in [6.45, 7) is 3.66. The Hall–Kier alpha value is -2.92. The van der Waals surface area contributed by atoms with Crippen molar-refractivity contribution in [2.75, 3.05) is 13.2 Å². The second-order valence-electron chi connectivity index (χ2n) is 8.49. The Bertz CT molecular complexity index is 1080. The summed E-state index contributed by atoms with van der Waals surface area (Å²) < 4.78 is 5.97. The number of nitrogens with zero attached hydrogens (tertiary/aromatic N) is 1. The van der Waals surface area contributed by atoms with E-state index < -0.39 is 0 Å². The monoisotopic (exact) mass is 401 g/mol. The van der Waals surface area contributed by atoms with E-state index in [9.17, 15) is 4.79 Å². The van der Waals surface area contributed by atoms with Gasteiger partial charge in [-0.3, -0.25) is 9.78 Å². The van der Waals surface area contributed by atoms with E-state index in [2.05, 4.69) is 27.8 Å². The molecule has 5 heteroatoms. The third-order valence-electron chi connectivity index (χ3n) is 6.33. The zero-order valence-corrected chi connectivity index (χ0v) is 17.3. The molecule has 1 saturated heterocycles. The topological polar surface area (TPSA) is 63.2 Å². The van der Waals surface area contributed by atoms with Crippen LogP contribution >= 0.6 is 0 Å². The molecule has 3 aromatic rings. The van der Waals surface area contributed by atoms with Crippen molar-refractivity contribution >= 4 is 16.8 Å². The van der Waals surface area contributed by atoms with Crippen LogP contribution in [-0.4, -0.2) is 30.1 Å². The summed E-state index contributed by atoms with van der Waals surface area (Å²) in [6.07, 6.45) is 6.02. The lowest BCUT2D eigenvalue weighted by Crippen LogP contribution is -2.35. The van der Waals surface area contributed by atoms with Gasteiger partial charge in [-0.05, 0) is 74.5 Å². The van der Waals surface area contributed by atoms with Gasteiger partial charge in [0.05, 0.1) is 11.1 Å². The van der Waals surface area contributed by atoms with Crippen molar-refractivity contribution in [3.8, 4) is 5.75 Å². The molecule has 0 unspecified atom stereocenters. The Labute approximate surface area is 176 Å². The lowest BCUT2D eigenvalue weighted by molar-refractivity contribution is 0.0930. The molecule has 2 N–H and O–H groups in total. The van der Waals surface area contributed by atoms with Gasteiger partial charge in [0, 0.05) is 23.2 Å². The van der Waals surface area contributed by atoms with Crippen molar-refractivity contribution in [1.82, 2.24) is 15.6 Å². The first kappa shape index (κ1) is 19.1. The Morgan fingerprint density at radius 3 is 2.93 bits per heavy atom. The van der Waals surface area contributed by atoms with Gasteiger partial charge in [0.25, 0.3) is 5.91 Å². The van der Waals surface area contributed by atoms with Gasteiger partial charge in [0.2, 0.25) is 0 Å². The van der Waals surface area contributed by atoms with Crippen molar-refractivity contribution < 1.29 is 9.53 Å². The predicted octanol–water partition coefficient (Wildman–Crippen LogP) is 4.09. The fourth-order valence-corrected chi connectivity index (χ4v) is 4.42. The minimum absolute atomic E-state index is 0.0460. The highest BCUT2D eigenvalue weighted by Gasteiger charge is 2.46. The van der Waals surface area contributed by atoms with Gasteiger partial charge in [0.15, 0.2) is 0 Å². The normalized spacial score (nSPS) is 19.6. The van der Waals surface area contributed by atoms with E-state index in [1.54, 1.807) is 6.20 Å². The molecule has 30 heavy (non-hydrogen) atoms. The van der Waals surface area contributed by atoms with Crippen molar-refractivity contribution in [1.29, 1.82) is 0 Å². The van der Waals surface area contributed by atoms with Gasteiger partial charge in [0.1, 0.15) is 12.4 Å². The van der Waals surface area contributed by atoms with Crippen LogP contribution < -0.4 is 15.4 Å². The molecule has 0 bridgehead atoms. The van der Waals surface area contributed by atoms with Crippen LogP contribution in [0.25, 0.3) is 10.9 Å². The van der Waals surface area contributed by atoms with Crippen LogP contribution in [0.1, 0.15) is 47.2 Å². The van der Waals surface area contributed by atoms with Crippen molar-refractivity contribution in [2.45, 2.75) is 44.2 Å². The molecule has 0 spiro atoms. The quantitative estimate of drug-likeness (QED) is 0.653. The number of ether oxygens (including phenoxy) is 1. The summed E-state index contributed by atoms with van der Waals surface area (Å²) >= 11 is 0. The number of nitrogens with one attached hydrogen (secondary N) is 2. The molecular weight excluding hydrogens is 374 g/mol. The Kier molecular flexibility index (Phi) is 4.91. The van der Waals surface area contributed by atoms with Crippen LogP contribution in [0.15, 0.2) is 54.7 Å². The highest BCUT2D eigenvalue weighted by atomic mass is 16.5. The highest BCUT2D eigenvalue weighted by Crippen LogP contribution is 2.48. The molecule has 1 aromatic heterocycles. The summed E-state index contributed by atoms with van der Waals surface area (Å²) in [4.78, 5) is 17.7. The number of carbonyl (C=O) groups excluding carboxylic acids is 1. The molecule has 1 atom stereocenters. The first-order valence-corrected chi connectivity index (χ1v) is 10.8. The third kappa shape index (κ3) is 3.65. The molecule has 1 aliphatic heterocycles. The van der Waals surface area contributed by atoms with E-state index in [0.29, 0.717) is 18.2 Å². The summed E-state index contributed by atoms with van der Waals surface area (Å²) in [5, 5.41) is 7.87. The fourth-order valence-electron chi connectivity index (χ4n) is 4.42. The van der Waals surface area contributed by atoms with Gasteiger partial charge in [-0.15, -0.1) is 0 Å². The summed E-state index contributed by atoms with van der Waals surface area (Å²) in [5.74, 6) is 0.703. The standard InChI is InChI=1S/C25H27N3O2/c1-17-9-10-19(30-16-18-5-3-13-26-18)15-21(17)24(29)28-25(11-12-25)22-7-2-8-23-20(22)6-4-14-27-23/h2,4,6-10,14-15,18,26H,3,5,11-13,16H2,1H3,(H,28,29)/t18-/m0/s1. The summed E-state index contributed by atoms with van der Waals surface area (Å²) in [7, 11) is 0. The molecule has 2 aromatic carbocycles. The summed E-state index contributed by atoms with van der Waals surface area (Å²) in [6, 6.07) is 16.4. The maximum absolute atomic E-state index is 13.2. The van der Waals surface area contributed by atoms with Crippen LogP contribution in [0.2, 0.25) is 0 Å². The smallest absolute Gasteiger partial charge is 0.252 e. The number of aromatic nitrogens is 1. The number of aryl methyl sites for hydroxylation is 1. The largest absolute Gasteiger partial charge is 0.492 e. The van der Waals surface area contributed by atoms with Crippen molar-refractivity contribution in [3.63, 3.8) is 0 Å². The Morgan fingerprint density at radius 1 is 1.23 bits per heavy atom. The summed E-state index contributed by atoms with van der Waals surface area (Å²) in [5.41, 5.74) is 3.43. The lowest BCUT2D eigenvalue weighted by atomic mass is 9.98. The molecule has 5 rings (SSSR count). The maximum atomic E-state index is 13.2. The van der Waals surface area contributed by atoms with Crippen LogP contribution in [-0.2, 0) is 5.54 Å². The molecule has 2 fully saturated rings. The molecule has 1 amide bonds.